The number of amides is 1. The number of anilines is 1. The number of benzene rings is 3. The van der Waals surface area contributed by atoms with Gasteiger partial charge in [0.1, 0.15) is 5.41 Å². The summed E-state index contributed by atoms with van der Waals surface area (Å²) in [5.41, 5.74) is 6.00. The number of unbranched alkanes of at least 4 members (excludes halogenated alkanes) is 12. The molecule has 0 radical (unpaired) electrons. The van der Waals surface area contributed by atoms with E-state index < -0.39 is 5.41 Å². The lowest BCUT2D eigenvalue weighted by molar-refractivity contribution is -0.118. The lowest BCUT2D eigenvalue weighted by Gasteiger charge is -2.29. The van der Waals surface area contributed by atoms with Crippen molar-refractivity contribution in [1.29, 1.82) is 0 Å². The highest BCUT2D eigenvalue weighted by molar-refractivity contribution is 6.11. The van der Waals surface area contributed by atoms with E-state index in [-0.39, 0.29) is 5.91 Å². The van der Waals surface area contributed by atoms with Crippen LogP contribution >= 0.6 is 0 Å². The molecule has 40 heavy (non-hydrogen) atoms. The number of rotatable bonds is 18. The summed E-state index contributed by atoms with van der Waals surface area (Å²) in [7, 11) is 0. The van der Waals surface area contributed by atoms with E-state index in [0.29, 0.717) is 0 Å². The first-order chi connectivity index (χ1) is 19.7. The van der Waals surface area contributed by atoms with E-state index in [1.165, 1.54) is 101 Å². The van der Waals surface area contributed by atoms with Gasteiger partial charge in [0.05, 0.1) is 0 Å². The van der Waals surface area contributed by atoms with Gasteiger partial charge in [-0.3, -0.25) is 4.79 Å². The third kappa shape index (κ3) is 7.45. The molecule has 1 aliphatic rings. The SMILES string of the molecule is CCCCCCCCCc1ccc(C2(c3ccc(CCCCCCCCC)cc3)C(=O)Nc3ccccc32)cc1. The standard InChI is InChI=1S/C38H51NO/c1-3-5-7-9-11-13-15-19-31-23-27-33(28-24-31)38(35-21-17-18-22-36(35)39-37(38)40)34-29-25-32(26-30-34)20-16-14-12-10-8-6-4-2/h17-18,21-30H,3-16,19-20H2,1-2H3,(H,39,40). The van der Waals surface area contributed by atoms with Gasteiger partial charge in [-0.25, -0.2) is 0 Å². The molecule has 0 saturated heterocycles. The molecule has 0 saturated carbocycles. The monoisotopic (exact) mass is 537 g/mol. The minimum atomic E-state index is -0.813. The van der Waals surface area contributed by atoms with Crippen molar-refractivity contribution in [3.63, 3.8) is 0 Å². The lowest BCUT2D eigenvalue weighted by Crippen LogP contribution is -2.37. The number of carbonyl (C=O) groups is 1. The Labute approximate surface area is 244 Å². The zero-order valence-electron chi connectivity index (χ0n) is 25.2. The van der Waals surface area contributed by atoms with Gasteiger partial charge in [-0.1, -0.05) is 158 Å². The van der Waals surface area contributed by atoms with Crippen molar-refractivity contribution in [2.45, 2.75) is 122 Å². The zero-order chi connectivity index (χ0) is 28.0. The molecule has 3 aromatic rings. The maximum absolute atomic E-state index is 13.9. The van der Waals surface area contributed by atoms with E-state index in [2.05, 4.69) is 79.8 Å². The van der Waals surface area contributed by atoms with Gasteiger partial charge in [0.25, 0.3) is 0 Å². The average molecular weight is 538 g/mol. The molecule has 0 bridgehead atoms. The summed E-state index contributed by atoms with van der Waals surface area (Å²) < 4.78 is 0. The number of nitrogens with one attached hydrogen (secondary N) is 1. The molecule has 2 nitrogen and oxygen atoms in total. The van der Waals surface area contributed by atoms with Crippen LogP contribution in [0.4, 0.5) is 5.69 Å². The van der Waals surface area contributed by atoms with Crippen LogP contribution in [0.15, 0.2) is 72.8 Å². The van der Waals surface area contributed by atoms with Gasteiger partial charge >= 0.3 is 0 Å². The Kier molecular flexibility index (Phi) is 11.9. The Morgan fingerprint density at radius 3 is 1.43 bits per heavy atom. The Morgan fingerprint density at radius 1 is 0.525 bits per heavy atom. The highest BCUT2D eigenvalue weighted by atomic mass is 16.2. The molecule has 2 heteroatoms. The lowest BCUT2D eigenvalue weighted by atomic mass is 9.70. The van der Waals surface area contributed by atoms with Gasteiger partial charge in [0, 0.05) is 11.3 Å². The van der Waals surface area contributed by atoms with Crippen LogP contribution in [0.3, 0.4) is 0 Å². The van der Waals surface area contributed by atoms with Gasteiger partial charge in [-0.2, -0.15) is 0 Å². The normalized spacial score (nSPS) is 13.8. The van der Waals surface area contributed by atoms with Crippen LogP contribution in [0, 0.1) is 0 Å². The Bertz CT molecular complexity index is 1100. The van der Waals surface area contributed by atoms with Crippen molar-refractivity contribution in [3.05, 3.63) is 101 Å². The largest absolute Gasteiger partial charge is 0.324 e. The molecule has 0 aromatic heterocycles. The summed E-state index contributed by atoms with van der Waals surface area (Å²) in [4.78, 5) is 13.9. The molecule has 0 unspecified atom stereocenters. The van der Waals surface area contributed by atoms with E-state index in [0.717, 1.165) is 35.2 Å². The van der Waals surface area contributed by atoms with Crippen LogP contribution in [-0.2, 0) is 23.1 Å². The molecule has 0 fully saturated rings. The molecule has 4 rings (SSSR count). The maximum atomic E-state index is 13.9. The van der Waals surface area contributed by atoms with Crippen LogP contribution in [0.25, 0.3) is 0 Å². The van der Waals surface area contributed by atoms with Crippen LogP contribution in [0.1, 0.15) is 132 Å². The molecule has 1 heterocycles. The number of carbonyl (C=O) groups excluding carboxylic acids is 1. The predicted molar refractivity (Wildman–Crippen MR) is 171 cm³/mol. The van der Waals surface area contributed by atoms with Gasteiger partial charge in [0.15, 0.2) is 0 Å². The molecule has 0 aliphatic carbocycles. The molecular formula is C38H51NO. The molecule has 1 N–H and O–H groups in total. The number of hydrogen-bond donors (Lipinski definition) is 1. The van der Waals surface area contributed by atoms with Crippen molar-refractivity contribution in [2.75, 3.05) is 5.32 Å². The molecule has 1 amide bonds. The first kappa shape index (κ1) is 30.1. The van der Waals surface area contributed by atoms with E-state index in [9.17, 15) is 4.79 Å². The second-order valence-corrected chi connectivity index (χ2v) is 11.9. The third-order valence-corrected chi connectivity index (χ3v) is 8.83. The van der Waals surface area contributed by atoms with Gasteiger partial charge in [-0.05, 0) is 54.0 Å². The Hall–Kier alpha value is -2.87. The average Bonchev–Trinajstić information content (AvgIpc) is 3.29. The fourth-order valence-corrected chi connectivity index (χ4v) is 6.41. The van der Waals surface area contributed by atoms with E-state index in [1.807, 2.05) is 12.1 Å². The Morgan fingerprint density at radius 2 is 0.950 bits per heavy atom. The second-order valence-electron chi connectivity index (χ2n) is 11.9. The first-order valence-electron chi connectivity index (χ1n) is 16.3. The smallest absolute Gasteiger partial charge is 0.244 e. The molecule has 1 aliphatic heterocycles. The fraction of sp³-hybridized carbons (Fsp3) is 0.500. The second kappa shape index (κ2) is 15.8. The highest BCUT2D eigenvalue weighted by Crippen LogP contribution is 2.47. The van der Waals surface area contributed by atoms with Crippen LogP contribution in [0.5, 0.6) is 0 Å². The van der Waals surface area contributed by atoms with Crippen LogP contribution in [-0.4, -0.2) is 5.91 Å². The molecule has 3 aromatic carbocycles. The van der Waals surface area contributed by atoms with Crippen molar-refractivity contribution in [1.82, 2.24) is 0 Å². The quantitative estimate of drug-likeness (QED) is 0.161. The summed E-state index contributed by atoms with van der Waals surface area (Å²) in [5.74, 6) is 0.0494. The van der Waals surface area contributed by atoms with Crippen molar-refractivity contribution in [3.8, 4) is 0 Å². The predicted octanol–water partition coefficient (Wildman–Crippen LogP) is 10.6. The minimum Gasteiger partial charge on any atom is -0.324 e. The van der Waals surface area contributed by atoms with Crippen molar-refractivity contribution >= 4 is 11.6 Å². The number of hydrogen-bond acceptors (Lipinski definition) is 1. The Balaban J connectivity index is 1.46. The summed E-state index contributed by atoms with van der Waals surface area (Å²) in [5, 5.41) is 3.20. The topological polar surface area (TPSA) is 29.1 Å². The minimum absolute atomic E-state index is 0.0494. The van der Waals surface area contributed by atoms with Crippen molar-refractivity contribution in [2.24, 2.45) is 0 Å². The van der Waals surface area contributed by atoms with Crippen molar-refractivity contribution < 1.29 is 4.79 Å². The van der Waals surface area contributed by atoms with Gasteiger partial charge in [0.2, 0.25) is 5.91 Å². The summed E-state index contributed by atoms with van der Waals surface area (Å²) in [6.45, 7) is 4.54. The summed E-state index contributed by atoms with van der Waals surface area (Å²) >= 11 is 0. The van der Waals surface area contributed by atoms with Crippen LogP contribution in [0.2, 0.25) is 0 Å². The fourth-order valence-electron chi connectivity index (χ4n) is 6.41. The molecular weight excluding hydrogens is 486 g/mol. The van der Waals surface area contributed by atoms with E-state index in [1.54, 1.807) is 0 Å². The first-order valence-corrected chi connectivity index (χ1v) is 16.3. The third-order valence-electron chi connectivity index (χ3n) is 8.83. The molecule has 0 atom stereocenters. The number of fused-ring (bicyclic) bond motifs is 1. The summed E-state index contributed by atoms with van der Waals surface area (Å²) in [6.07, 6.45) is 20.8. The van der Waals surface area contributed by atoms with Crippen LogP contribution < -0.4 is 5.32 Å². The number of para-hydroxylation sites is 1. The molecule has 214 valence electrons. The van der Waals surface area contributed by atoms with Gasteiger partial charge < -0.3 is 5.32 Å². The highest BCUT2D eigenvalue weighted by Gasteiger charge is 2.49. The van der Waals surface area contributed by atoms with Gasteiger partial charge in [-0.15, -0.1) is 0 Å². The maximum Gasteiger partial charge on any atom is 0.244 e. The summed E-state index contributed by atoms with van der Waals surface area (Å²) in [6, 6.07) is 26.0. The number of aryl methyl sites for hydroxylation is 2. The molecule has 0 spiro atoms. The van der Waals surface area contributed by atoms with E-state index in [4.69, 9.17) is 0 Å². The van der Waals surface area contributed by atoms with E-state index >= 15 is 0 Å². The zero-order valence-corrected chi connectivity index (χ0v) is 25.2.